The zero-order chi connectivity index (χ0) is 14.7. The monoisotopic (exact) mass is 292 g/mol. The van der Waals surface area contributed by atoms with Gasteiger partial charge in [0.05, 0.1) is 29.3 Å². The minimum atomic E-state index is 0.0921. The molecule has 20 heavy (non-hydrogen) atoms. The Morgan fingerprint density at radius 3 is 2.80 bits per heavy atom. The van der Waals surface area contributed by atoms with E-state index in [0.717, 1.165) is 23.6 Å². The Morgan fingerprint density at radius 1 is 1.45 bits per heavy atom. The van der Waals surface area contributed by atoms with E-state index in [1.807, 2.05) is 24.7 Å². The fourth-order valence-corrected chi connectivity index (χ4v) is 2.31. The summed E-state index contributed by atoms with van der Waals surface area (Å²) in [7, 11) is 1.90. The highest BCUT2D eigenvalue weighted by molar-refractivity contribution is 7.80. The van der Waals surface area contributed by atoms with Crippen molar-refractivity contribution in [1.82, 2.24) is 24.9 Å². The van der Waals surface area contributed by atoms with Gasteiger partial charge in [0.25, 0.3) is 0 Å². The third kappa shape index (κ3) is 2.98. The number of aromatic nitrogens is 4. The molecular formula is C13H20N6S. The Bertz CT molecular complexity index is 600. The number of anilines is 1. The average Bonchev–Trinajstić information content (AvgIpc) is 3.00. The van der Waals surface area contributed by atoms with Crippen molar-refractivity contribution in [2.24, 2.45) is 7.05 Å². The normalized spacial score (nSPS) is 12.2. The van der Waals surface area contributed by atoms with Crippen LogP contribution >= 0.6 is 12.2 Å². The summed E-state index contributed by atoms with van der Waals surface area (Å²) in [5.41, 5.74) is 3.07. The number of aryl methyl sites for hydroxylation is 2. The Morgan fingerprint density at radius 2 is 2.20 bits per heavy atom. The van der Waals surface area contributed by atoms with Crippen molar-refractivity contribution in [1.29, 1.82) is 0 Å². The topological polar surface area (TPSA) is 59.7 Å². The zero-order valence-corrected chi connectivity index (χ0v) is 13.0. The first kappa shape index (κ1) is 14.5. The van der Waals surface area contributed by atoms with E-state index in [-0.39, 0.29) is 6.04 Å². The first-order valence-corrected chi connectivity index (χ1v) is 7.01. The van der Waals surface area contributed by atoms with E-state index in [0.29, 0.717) is 5.11 Å². The van der Waals surface area contributed by atoms with Crippen molar-refractivity contribution < 1.29 is 0 Å². The van der Waals surface area contributed by atoms with Crippen LogP contribution in [0.3, 0.4) is 0 Å². The van der Waals surface area contributed by atoms with E-state index in [9.17, 15) is 0 Å². The van der Waals surface area contributed by atoms with Gasteiger partial charge in [0.15, 0.2) is 5.11 Å². The van der Waals surface area contributed by atoms with Crippen LogP contribution in [0.15, 0.2) is 18.5 Å². The number of nitrogens with one attached hydrogen (secondary N) is 2. The molecule has 0 aliphatic heterocycles. The molecule has 0 aliphatic carbocycles. The maximum absolute atomic E-state index is 5.35. The van der Waals surface area contributed by atoms with Gasteiger partial charge in [-0.3, -0.25) is 9.36 Å². The van der Waals surface area contributed by atoms with Crippen LogP contribution in [0.1, 0.15) is 31.3 Å². The summed E-state index contributed by atoms with van der Waals surface area (Å²) in [6.07, 6.45) is 3.57. The van der Waals surface area contributed by atoms with Crippen LogP contribution in [0, 0.1) is 6.92 Å². The molecule has 2 rings (SSSR count). The number of hydrogen-bond acceptors (Lipinski definition) is 3. The van der Waals surface area contributed by atoms with Crippen LogP contribution in [-0.2, 0) is 13.6 Å². The smallest absolute Gasteiger partial charge is 0.171 e. The number of nitrogens with zero attached hydrogens (tertiary/aromatic N) is 4. The molecule has 6 nitrogen and oxygen atoms in total. The predicted molar refractivity (Wildman–Crippen MR) is 83.6 cm³/mol. The Balaban J connectivity index is 1.99. The highest BCUT2D eigenvalue weighted by atomic mass is 32.1. The molecule has 2 heterocycles. The third-order valence-electron chi connectivity index (χ3n) is 3.32. The fraction of sp³-hybridized carbons (Fsp3) is 0.462. The third-order valence-corrected chi connectivity index (χ3v) is 3.54. The average molecular weight is 292 g/mol. The minimum Gasteiger partial charge on any atom is -0.354 e. The second-order valence-corrected chi connectivity index (χ2v) is 5.07. The van der Waals surface area contributed by atoms with Crippen molar-refractivity contribution >= 4 is 23.0 Å². The molecule has 0 aliphatic rings. The van der Waals surface area contributed by atoms with Gasteiger partial charge in [0.2, 0.25) is 0 Å². The second kappa shape index (κ2) is 6.04. The molecule has 0 fully saturated rings. The molecule has 2 aromatic rings. The van der Waals surface area contributed by atoms with E-state index in [2.05, 4.69) is 34.7 Å². The summed E-state index contributed by atoms with van der Waals surface area (Å²) < 4.78 is 3.76. The van der Waals surface area contributed by atoms with E-state index in [4.69, 9.17) is 12.2 Å². The van der Waals surface area contributed by atoms with Gasteiger partial charge in [-0.15, -0.1) is 0 Å². The Kier molecular flexibility index (Phi) is 4.39. The lowest BCUT2D eigenvalue weighted by atomic mass is 10.2. The highest BCUT2D eigenvalue weighted by Gasteiger charge is 2.12. The summed E-state index contributed by atoms with van der Waals surface area (Å²) in [5, 5.41) is 15.5. The van der Waals surface area contributed by atoms with Gasteiger partial charge >= 0.3 is 0 Å². The molecule has 0 radical (unpaired) electrons. The van der Waals surface area contributed by atoms with Gasteiger partial charge in [0.1, 0.15) is 0 Å². The Hall–Kier alpha value is -1.89. The summed E-state index contributed by atoms with van der Waals surface area (Å²) in [6.45, 7) is 6.97. The van der Waals surface area contributed by atoms with Crippen molar-refractivity contribution in [2.45, 2.75) is 33.4 Å². The number of thiocarbonyl (C=S) groups is 1. The summed E-state index contributed by atoms with van der Waals surface area (Å²) >= 11 is 5.35. The molecule has 108 valence electrons. The molecule has 0 bridgehead atoms. The van der Waals surface area contributed by atoms with Crippen molar-refractivity contribution in [3.05, 3.63) is 29.8 Å². The lowest BCUT2D eigenvalue weighted by Crippen LogP contribution is -2.32. The van der Waals surface area contributed by atoms with E-state index < -0.39 is 0 Å². The largest absolute Gasteiger partial charge is 0.354 e. The highest BCUT2D eigenvalue weighted by Crippen LogP contribution is 2.14. The summed E-state index contributed by atoms with van der Waals surface area (Å²) in [4.78, 5) is 0. The molecule has 2 N–H and O–H groups in total. The fourth-order valence-electron chi connectivity index (χ4n) is 2.03. The first-order chi connectivity index (χ1) is 9.52. The van der Waals surface area contributed by atoms with Gasteiger partial charge in [-0.1, -0.05) is 0 Å². The SMILES string of the molecule is CCn1nccc1C(C)NC(=S)Nc1cnn(C)c1C. The van der Waals surface area contributed by atoms with Crippen LogP contribution in [-0.4, -0.2) is 24.7 Å². The quantitative estimate of drug-likeness (QED) is 0.844. The Labute approximate surface area is 124 Å². The van der Waals surface area contributed by atoms with Gasteiger partial charge in [0, 0.05) is 19.8 Å². The molecule has 0 saturated heterocycles. The zero-order valence-electron chi connectivity index (χ0n) is 12.2. The molecule has 1 unspecified atom stereocenters. The molecular weight excluding hydrogens is 272 g/mol. The molecule has 1 atom stereocenters. The maximum atomic E-state index is 5.35. The minimum absolute atomic E-state index is 0.0921. The van der Waals surface area contributed by atoms with Crippen LogP contribution in [0.5, 0.6) is 0 Å². The van der Waals surface area contributed by atoms with Gasteiger partial charge in [-0.05, 0) is 39.1 Å². The molecule has 0 spiro atoms. The van der Waals surface area contributed by atoms with Crippen molar-refractivity contribution in [3.8, 4) is 0 Å². The second-order valence-electron chi connectivity index (χ2n) is 4.66. The molecule has 7 heteroatoms. The van der Waals surface area contributed by atoms with Crippen LogP contribution in [0.25, 0.3) is 0 Å². The predicted octanol–water partition coefficient (Wildman–Crippen LogP) is 1.99. The number of hydrogen-bond donors (Lipinski definition) is 2. The van der Waals surface area contributed by atoms with E-state index in [1.54, 1.807) is 17.1 Å². The summed E-state index contributed by atoms with van der Waals surface area (Å²) in [6, 6.07) is 2.09. The van der Waals surface area contributed by atoms with E-state index >= 15 is 0 Å². The maximum Gasteiger partial charge on any atom is 0.171 e. The standard InChI is InChI=1S/C13H20N6S/c1-5-19-12(6-7-14-19)9(2)16-13(20)17-11-8-15-18(4)10(11)3/h6-9H,5H2,1-4H3,(H2,16,17,20). The van der Waals surface area contributed by atoms with Crippen LogP contribution in [0.4, 0.5) is 5.69 Å². The van der Waals surface area contributed by atoms with Gasteiger partial charge in [-0.25, -0.2) is 0 Å². The van der Waals surface area contributed by atoms with Crippen LogP contribution in [0.2, 0.25) is 0 Å². The molecule has 0 saturated carbocycles. The van der Waals surface area contributed by atoms with Crippen LogP contribution < -0.4 is 10.6 Å². The summed E-state index contributed by atoms with van der Waals surface area (Å²) in [5.74, 6) is 0. The van der Waals surface area contributed by atoms with Gasteiger partial charge in [-0.2, -0.15) is 10.2 Å². The van der Waals surface area contributed by atoms with E-state index in [1.165, 1.54) is 0 Å². The van der Waals surface area contributed by atoms with Gasteiger partial charge < -0.3 is 10.6 Å². The molecule has 0 amide bonds. The number of rotatable bonds is 4. The molecule has 0 aromatic carbocycles. The lowest BCUT2D eigenvalue weighted by Gasteiger charge is -2.17. The lowest BCUT2D eigenvalue weighted by molar-refractivity contribution is 0.568. The van der Waals surface area contributed by atoms with Crippen molar-refractivity contribution in [3.63, 3.8) is 0 Å². The molecule has 2 aromatic heterocycles. The first-order valence-electron chi connectivity index (χ1n) is 6.60. The van der Waals surface area contributed by atoms with Crippen molar-refractivity contribution in [2.75, 3.05) is 5.32 Å².